The Kier molecular flexibility index (Phi) is 4.98. The van der Waals surface area contributed by atoms with Crippen molar-refractivity contribution in [2.24, 2.45) is 0 Å². The number of hydrogen-bond acceptors (Lipinski definition) is 2. The maximum Gasteiger partial charge on any atom is 0.251 e. The number of benzene rings is 1. The molecule has 0 saturated carbocycles. The molecular weight excluding hydrogens is 262 g/mol. The van der Waals surface area contributed by atoms with Gasteiger partial charge in [0, 0.05) is 36.8 Å². The number of carbonyl (C=O) groups is 1. The third kappa shape index (κ3) is 4.10. The predicted molar refractivity (Wildman–Crippen MR) is 75.2 cm³/mol. The van der Waals surface area contributed by atoms with Gasteiger partial charge >= 0.3 is 0 Å². The summed E-state index contributed by atoms with van der Waals surface area (Å²) in [6.45, 7) is 0.636. The number of halogens is 1. The van der Waals surface area contributed by atoms with Crippen LogP contribution in [0.1, 0.15) is 28.2 Å². The van der Waals surface area contributed by atoms with Crippen LogP contribution in [0.4, 0.5) is 0 Å². The molecule has 0 radical (unpaired) electrons. The molecule has 19 heavy (non-hydrogen) atoms. The average molecular weight is 278 g/mol. The normalized spacial score (nSPS) is 10.4. The highest BCUT2D eigenvalue weighted by atomic mass is 35.5. The Morgan fingerprint density at radius 2 is 2.11 bits per heavy atom. The molecule has 2 rings (SSSR count). The van der Waals surface area contributed by atoms with Crippen LogP contribution in [0.3, 0.4) is 0 Å². The van der Waals surface area contributed by atoms with Crippen molar-refractivity contribution in [3.63, 3.8) is 0 Å². The van der Waals surface area contributed by atoms with E-state index in [1.54, 1.807) is 24.5 Å². The van der Waals surface area contributed by atoms with Gasteiger partial charge in [-0.2, -0.15) is 0 Å². The molecule has 1 heterocycles. The van der Waals surface area contributed by atoms with Gasteiger partial charge in [0.1, 0.15) is 5.82 Å². The monoisotopic (exact) mass is 277 g/mol. The Labute approximate surface area is 117 Å². The highest BCUT2D eigenvalue weighted by molar-refractivity contribution is 6.17. The molecule has 2 N–H and O–H groups in total. The zero-order chi connectivity index (χ0) is 13.5. The number of aryl methyl sites for hydroxylation is 1. The van der Waals surface area contributed by atoms with Crippen molar-refractivity contribution < 1.29 is 4.79 Å². The number of aromatic amines is 1. The summed E-state index contributed by atoms with van der Waals surface area (Å²) in [5, 5.41) is 2.89. The largest absolute Gasteiger partial charge is 0.352 e. The van der Waals surface area contributed by atoms with Crippen LogP contribution in [0.15, 0.2) is 36.7 Å². The van der Waals surface area contributed by atoms with E-state index in [-0.39, 0.29) is 5.91 Å². The molecule has 100 valence electrons. The summed E-state index contributed by atoms with van der Waals surface area (Å²) in [5.74, 6) is 1.35. The number of carbonyl (C=O) groups excluding carboxylic acids is 1. The molecule has 0 aliphatic carbocycles. The zero-order valence-corrected chi connectivity index (χ0v) is 11.3. The quantitative estimate of drug-likeness (QED) is 0.630. The predicted octanol–water partition coefficient (Wildman–Crippen LogP) is 2.51. The Hall–Kier alpha value is -1.81. The van der Waals surface area contributed by atoms with Crippen LogP contribution >= 0.6 is 11.6 Å². The van der Waals surface area contributed by atoms with Crippen LogP contribution in [0, 0.1) is 0 Å². The fraction of sp³-hybridized carbons (Fsp3) is 0.286. The number of H-pyrrole nitrogens is 1. The van der Waals surface area contributed by atoms with Gasteiger partial charge < -0.3 is 10.3 Å². The van der Waals surface area contributed by atoms with Crippen molar-refractivity contribution in [3.8, 4) is 0 Å². The van der Waals surface area contributed by atoms with E-state index < -0.39 is 0 Å². The van der Waals surface area contributed by atoms with Gasteiger partial charge in [0.2, 0.25) is 0 Å². The number of nitrogens with one attached hydrogen (secondary N) is 2. The van der Waals surface area contributed by atoms with Gasteiger partial charge in [-0.3, -0.25) is 4.79 Å². The highest BCUT2D eigenvalue weighted by Gasteiger charge is 2.04. The molecule has 0 unspecified atom stereocenters. The summed E-state index contributed by atoms with van der Waals surface area (Å²) in [6.07, 6.45) is 5.22. The molecule has 5 heteroatoms. The fourth-order valence-electron chi connectivity index (χ4n) is 1.74. The standard InChI is InChI=1S/C14H16ClN3O/c15-10-11-3-5-12(6-4-11)14(19)18-7-1-2-13-16-8-9-17-13/h3-6,8-9H,1-2,7,10H2,(H,16,17)(H,18,19). The Balaban J connectivity index is 1.74. The van der Waals surface area contributed by atoms with Gasteiger partial charge in [-0.05, 0) is 24.1 Å². The van der Waals surface area contributed by atoms with Gasteiger partial charge in [0.05, 0.1) is 0 Å². The second-order valence-electron chi connectivity index (χ2n) is 4.23. The molecule has 1 aromatic carbocycles. The lowest BCUT2D eigenvalue weighted by atomic mass is 10.1. The fourth-order valence-corrected chi connectivity index (χ4v) is 1.92. The first kappa shape index (κ1) is 13.6. The Morgan fingerprint density at radius 1 is 1.32 bits per heavy atom. The van der Waals surface area contributed by atoms with E-state index in [1.807, 2.05) is 12.1 Å². The SMILES string of the molecule is O=C(NCCCc1ncc[nH]1)c1ccc(CCl)cc1. The summed E-state index contributed by atoms with van der Waals surface area (Å²) in [5.41, 5.74) is 1.67. The number of aromatic nitrogens is 2. The van der Waals surface area contributed by atoms with Crippen LogP contribution in [0.5, 0.6) is 0 Å². The van der Waals surface area contributed by atoms with Crippen LogP contribution in [-0.4, -0.2) is 22.4 Å². The first-order valence-electron chi connectivity index (χ1n) is 6.21. The van der Waals surface area contributed by atoms with E-state index in [9.17, 15) is 4.79 Å². The third-order valence-electron chi connectivity index (χ3n) is 2.80. The van der Waals surface area contributed by atoms with Crippen molar-refractivity contribution in [1.29, 1.82) is 0 Å². The zero-order valence-electron chi connectivity index (χ0n) is 10.5. The van der Waals surface area contributed by atoms with Crippen molar-refractivity contribution >= 4 is 17.5 Å². The number of imidazole rings is 1. The van der Waals surface area contributed by atoms with Gasteiger partial charge in [0.15, 0.2) is 0 Å². The lowest BCUT2D eigenvalue weighted by Gasteiger charge is -2.05. The number of amides is 1. The molecule has 1 amide bonds. The van der Waals surface area contributed by atoms with Crippen LogP contribution in [0.25, 0.3) is 0 Å². The second kappa shape index (κ2) is 6.95. The van der Waals surface area contributed by atoms with E-state index in [1.165, 1.54) is 0 Å². The topological polar surface area (TPSA) is 57.8 Å². The van der Waals surface area contributed by atoms with Crippen molar-refractivity contribution in [3.05, 3.63) is 53.6 Å². The minimum absolute atomic E-state index is 0.0550. The molecule has 0 aliphatic rings. The molecule has 0 aliphatic heterocycles. The first-order chi connectivity index (χ1) is 9.29. The Bertz CT molecular complexity index is 508. The van der Waals surface area contributed by atoms with Gasteiger partial charge in [-0.1, -0.05) is 12.1 Å². The van der Waals surface area contributed by atoms with E-state index in [4.69, 9.17) is 11.6 Å². The lowest BCUT2D eigenvalue weighted by Crippen LogP contribution is -2.24. The molecule has 0 bridgehead atoms. The number of nitrogens with zero attached hydrogens (tertiary/aromatic N) is 1. The maximum absolute atomic E-state index is 11.8. The summed E-state index contributed by atoms with van der Waals surface area (Å²) in [7, 11) is 0. The smallest absolute Gasteiger partial charge is 0.251 e. The minimum atomic E-state index is -0.0550. The van der Waals surface area contributed by atoms with E-state index >= 15 is 0 Å². The minimum Gasteiger partial charge on any atom is -0.352 e. The molecule has 1 aromatic heterocycles. The first-order valence-corrected chi connectivity index (χ1v) is 6.74. The van der Waals surface area contributed by atoms with Gasteiger partial charge in [0.25, 0.3) is 5.91 Å². The molecular formula is C14H16ClN3O. The molecule has 0 fully saturated rings. The van der Waals surface area contributed by atoms with Gasteiger partial charge in [-0.15, -0.1) is 11.6 Å². The van der Waals surface area contributed by atoms with E-state index in [0.717, 1.165) is 24.2 Å². The van der Waals surface area contributed by atoms with Crippen LogP contribution in [-0.2, 0) is 12.3 Å². The third-order valence-corrected chi connectivity index (χ3v) is 3.11. The summed E-state index contributed by atoms with van der Waals surface area (Å²) in [6, 6.07) is 7.31. The molecule has 0 spiro atoms. The maximum atomic E-state index is 11.8. The molecule has 0 saturated heterocycles. The van der Waals surface area contributed by atoms with E-state index in [2.05, 4.69) is 15.3 Å². The molecule has 2 aromatic rings. The second-order valence-corrected chi connectivity index (χ2v) is 4.49. The molecule has 0 atom stereocenters. The summed E-state index contributed by atoms with van der Waals surface area (Å²) < 4.78 is 0. The number of rotatable bonds is 6. The van der Waals surface area contributed by atoms with Crippen molar-refractivity contribution in [2.45, 2.75) is 18.7 Å². The van der Waals surface area contributed by atoms with Crippen molar-refractivity contribution in [2.75, 3.05) is 6.54 Å². The summed E-state index contributed by atoms with van der Waals surface area (Å²) >= 11 is 5.70. The average Bonchev–Trinajstić information content (AvgIpc) is 2.96. The Morgan fingerprint density at radius 3 is 2.74 bits per heavy atom. The van der Waals surface area contributed by atoms with Crippen LogP contribution in [0.2, 0.25) is 0 Å². The van der Waals surface area contributed by atoms with E-state index in [0.29, 0.717) is 18.0 Å². The number of alkyl halides is 1. The summed E-state index contributed by atoms with van der Waals surface area (Å²) in [4.78, 5) is 19.0. The highest BCUT2D eigenvalue weighted by Crippen LogP contribution is 2.06. The molecule has 4 nitrogen and oxygen atoms in total. The number of hydrogen-bond donors (Lipinski definition) is 2. The van der Waals surface area contributed by atoms with Gasteiger partial charge in [-0.25, -0.2) is 4.98 Å². The van der Waals surface area contributed by atoms with Crippen molar-refractivity contribution in [1.82, 2.24) is 15.3 Å². The van der Waals surface area contributed by atoms with Crippen LogP contribution < -0.4 is 5.32 Å². The lowest BCUT2D eigenvalue weighted by molar-refractivity contribution is 0.0953.